The summed E-state index contributed by atoms with van der Waals surface area (Å²) < 4.78 is 21.8. The van der Waals surface area contributed by atoms with Gasteiger partial charge in [0.15, 0.2) is 18.5 Å². The zero-order chi connectivity index (χ0) is 42.5. The van der Waals surface area contributed by atoms with E-state index in [0.717, 1.165) is 38.5 Å². The molecular weight excluding hydrogens is 741 g/mol. The standard InChI is InChI=1S/C47H86O11/c1-3-5-7-9-11-13-15-17-18-19-20-21-22-24-25-27-29-31-33-35-40(48)55-37-39(38-56-47-44(52)42(50)43(51)45(58-47)46(53)54)57-41(49)36-34-32-30-28-26-23-16-14-12-10-8-6-4-2/h17-18,39,42-45,47,50-52H,3-16,19-38H2,1-2H3,(H,53,54)/b18-17-. The first-order chi connectivity index (χ1) is 28.2. The van der Waals surface area contributed by atoms with Crippen LogP contribution in [0.5, 0.6) is 0 Å². The van der Waals surface area contributed by atoms with E-state index in [2.05, 4.69) is 26.0 Å². The SMILES string of the molecule is CCCCCCCC/C=C\CCCCCCCCCCCC(=O)OCC(COC1OC(C(=O)O)C(O)C(O)C1O)OC(=O)CCCCCCCCCCCCCCC. The number of ether oxygens (including phenoxy) is 4. The Bertz CT molecular complexity index is 1020. The van der Waals surface area contributed by atoms with E-state index in [9.17, 15) is 34.8 Å². The third-order valence-corrected chi connectivity index (χ3v) is 11.1. The Morgan fingerprint density at radius 1 is 0.517 bits per heavy atom. The summed E-state index contributed by atoms with van der Waals surface area (Å²) in [7, 11) is 0. The summed E-state index contributed by atoms with van der Waals surface area (Å²) in [6.07, 6.45) is 31.2. The van der Waals surface area contributed by atoms with Crippen LogP contribution in [0.4, 0.5) is 0 Å². The van der Waals surface area contributed by atoms with Gasteiger partial charge in [-0.1, -0.05) is 180 Å². The predicted octanol–water partition coefficient (Wildman–Crippen LogP) is 10.4. The van der Waals surface area contributed by atoms with E-state index < -0.39 is 54.7 Å². The molecule has 6 atom stereocenters. The van der Waals surface area contributed by atoms with Crippen LogP contribution in [0.25, 0.3) is 0 Å². The Balaban J connectivity index is 2.31. The van der Waals surface area contributed by atoms with Crippen molar-refractivity contribution in [2.45, 2.75) is 256 Å². The lowest BCUT2D eigenvalue weighted by molar-refractivity contribution is -0.298. The predicted molar refractivity (Wildman–Crippen MR) is 229 cm³/mol. The van der Waals surface area contributed by atoms with Gasteiger partial charge in [0.05, 0.1) is 6.61 Å². The fourth-order valence-electron chi connectivity index (χ4n) is 7.35. The Kier molecular flexibility index (Phi) is 35.3. The zero-order valence-electron chi connectivity index (χ0n) is 36.8. The number of carboxylic acid groups (broad SMARTS) is 1. The van der Waals surface area contributed by atoms with Gasteiger partial charge in [0.25, 0.3) is 0 Å². The molecule has 6 unspecified atom stereocenters. The first-order valence-electron chi connectivity index (χ1n) is 23.7. The molecule has 58 heavy (non-hydrogen) atoms. The summed E-state index contributed by atoms with van der Waals surface area (Å²) >= 11 is 0. The molecule has 0 aliphatic carbocycles. The molecule has 0 amide bonds. The van der Waals surface area contributed by atoms with Crippen LogP contribution in [-0.4, -0.2) is 88.4 Å². The lowest BCUT2D eigenvalue weighted by atomic mass is 9.99. The first-order valence-corrected chi connectivity index (χ1v) is 23.7. The van der Waals surface area contributed by atoms with Crippen LogP contribution < -0.4 is 0 Å². The van der Waals surface area contributed by atoms with Crippen molar-refractivity contribution in [1.82, 2.24) is 0 Å². The number of esters is 2. The van der Waals surface area contributed by atoms with Gasteiger partial charge >= 0.3 is 17.9 Å². The smallest absolute Gasteiger partial charge is 0.335 e. The summed E-state index contributed by atoms with van der Waals surface area (Å²) in [6.45, 7) is 3.82. The van der Waals surface area contributed by atoms with Crippen molar-refractivity contribution in [2.75, 3.05) is 13.2 Å². The van der Waals surface area contributed by atoms with Crippen molar-refractivity contribution >= 4 is 17.9 Å². The largest absolute Gasteiger partial charge is 0.479 e. The second kappa shape index (κ2) is 37.9. The van der Waals surface area contributed by atoms with Gasteiger partial charge in [-0.25, -0.2) is 4.79 Å². The molecule has 0 aromatic rings. The van der Waals surface area contributed by atoms with Crippen molar-refractivity contribution in [1.29, 1.82) is 0 Å². The van der Waals surface area contributed by atoms with Crippen molar-refractivity contribution in [3.63, 3.8) is 0 Å². The van der Waals surface area contributed by atoms with Gasteiger partial charge < -0.3 is 39.4 Å². The zero-order valence-corrected chi connectivity index (χ0v) is 36.8. The maximum Gasteiger partial charge on any atom is 0.335 e. The fraction of sp³-hybridized carbons (Fsp3) is 0.894. The average Bonchev–Trinajstić information content (AvgIpc) is 3.21. The third kappa shape index (κ3) is 29.2. The normalized spacial score (nSPS) is 20.1. The summed E-state index contributed by atoms with van der Waals surface area (Å²) in [6, 6.07) is 0. The highest BCUT2D eigenvalue weighted by Crippen LogP contribution is 2.23. The van der Waals surface area contributed by atoms with Crippen LogP contribution in [0.2, 0.25) is 0 Å². The molecule has 340 valence electrons. The first kappa shape index (κ1) is 54.0. The molecule has 1 heterocycles. The number of hydrogen-bond acceptors (Lipinski definition) is 10. The maximum absolute atomic E-state index is 12.8. The molecule has 0 bridgehead atoms. The van der Waals surface area contributed by atoms with Crippen LogP contribution in [0.15, 0.2) is 12.2 Å². The van der Waals surface area contributed by atoms with Crippen molar-refractivity contribution in [3.8, 4) is 0 Å². The number of aliphatic hydroxyl groups excluding tert-OH is 3. The molecule has 1 saturated heterocycles. The monoisotopic (exact) mass is 827 g/mol. The number of carboxylic acids is 1. The molecule has 11 heteroatoms. The molecule has 1 aliphatic heterocycles. The quantitative estimate of drug-likeness (QED) is 0.0263. The molecule has 1 fully saturated rings. The van der Waals surface area contributed by atoms with E-state index in [1.54, 1.807) is 0 Å². The van der Waals surface area contributed by atoms with Gasteiger partial charge in [-0.15, -0.1) is 0 Å². The number of unbranched alkanes of at least 4 members (excludes halogenated alkanes) is 27. The Labute approximate surface area is 352 Å². The maximum atomic E-state index is 12.8. The molecule has 0 radical (unpaired) electrons. The van der Waals surface area contributed by atoms with E-state index in [1.165, 1.54) is 141 Å². The lowest BCUT2D eigenvalue weighted by Crippen LogP contribution is -2.60. The minimum Gasteiger partial charge on any atom is -0.479 e. The molecule has 0 spiro atoms. The molecule has 1 aliphatic rings. The summed E-state index contributed by atoms with van der Waals surface area (Å²) in [5.74, 6) is -2.43. The fourth-order valence-corrected chi connectivity index (χ4v) is 7.35. The Hall–Kier alpha value is -2.05. The van der Waals surface area contributed by atoms with Crippen molar-refractivity contribution < 1.29 is 53.8 Å². The van der Waals surface area contributed by atoms with E-state index in [4.69, 9.17) is 18.9 Å². The Morgan fingerprint density at radius 2 is 0.914 bits per heavy atom. The minimum atomic E-state index is -1.86. The van der Waals surface area contributed by atoms with Crippen molar-refractivity contribution in [3.05, 3.63) is 12.2 Å². The second-order valence-electron chi connectivity index (χ2n) is 16.6. The van der Waals surface area contributed by atoms with Crippen LogP contribution in [0, 0.1) is 0 Å². The highest BCUT2D eigenvalue weighted by atomic mass is 16.7. The van der Waals surface area contributed by atoms with E-state index in [-0.39, 0.29) is 26.1 Å². The van der Waals surface area contributed by atoms with Gasteiger partial charge in [-0.2, -0.15) is 0 Å². The van der Waals surface area contributed by atoms with Crippen molar-refractivity contribution in [2.24, 2.45) is 0 Å². The van der Waals surface area contributed by atoms with Crippen LogP contribution in [0.3, 0.4) is 0 Å². The van der Waals surface area contributed by atoms with E-state index in [1.807, 2.05) is 0 Å². The topological polar surface area (TPSA) is 169 Å². The number of allylic oxidation sites excluding steroid dienone is 2. The van der Waals surface area contributed by atoms with Gasteiger partial charge in [0.2, 0.25) is 0 Å². The molecule has 4 N–H and O–H groups in total. The van der Waals surface area contributed by atoms with Gasteiger partial charge in [-0.05, 0) is 38.5 Å². The molecule has 1 rings (SSSR count). The van der Waals surface area contributed by atoms with Gasteiger partial charge in [0, 0.05) is 12.8 Å². The Morgan fingerprint density at radius 3 is 1.34 bits per heavy atom. The lowest BCUT2D eigenvalue weighted by Gasteiger charge is -2.38. The molecule has 0 aromatic carbocycles. The number of rotatable bonds is 40. The third-order valence-electron chi connectivity index (χ3n) is 11.1. The minimum absolute atomic E-state index is 0.188. The van der Waals surface area contributed by atoms with Crippen LogP contribution in [-0.2, 0) is 33.3 Å². The second-order valence-corrected chi connectivity index (χ2v) is 16.6. The van der Waals surface area contributed by atoms with E-state index >= 15 is 0 Å². The summed E-state index contributed by atoms with van der Waals surface area (Å²) in [5, 5.41) is 39.8. The average molecular weight is 827 g/mol. The number of hydrogen-bond donors (Lipinski definition) is 4. The highest BCUT2D eigenvalue weighted by molar-refractivity contribution is 5.73. The molecular formula is C47H86O11. The molecule has 0 saturated carbocycles. The van der Waals surface area contributed by atoms with Gasteiger partial charge in [-0.3, -0.25) is 9.59 Å². The molecule has 11 nitrogen and oxygen atoms in total. The number of carbonyl (C=O) groups is 3. The number of aliphatic carboxylic acids is 1. The van der Waals surface area contributed by atoms with Crippen LogP contribution >= 0.6 is 0 Å². The van der Waals surface area contributed by atoms with Gasteiger partial charge in [0.1, 0.15) is 24.9 Å². The van der Waals surface area contributed by atoms with E-state index in [0.29, 0.717) is 12.8 Å². The summed E-state index contributed by atoms with van der Waals surface area (Å²) in [5.41, 5.74) is 0. The van der Waals surface area contributed by atoms with Crippen LogP contribution in [0.1, 0.15) is 219 Å². The highest BCUT2D eigenvalue weighted by Gasteiger charge is 2.47. The molecule has 0 aromatic heterocycles. The summed E-state index contributed by atoms with van der Waals surface area (Å²) in [4.78, 5) is 36.8. The number of carbonyl (C=O) groups excluding carboxylic acids is 2. The number of aliphatic hydroxyl groups is 3.